The van der Waals surface area contributed by atoms with Gasteiger partial charge < -0.3 is 0 Å². The Hall–Kier alpha value is -5.74. The van der Waals surface area contributed by atoms with Gasteiger partial charge >= 0.3 is 0 Å². The van der Waals surface area contributed by atoms with Crippen LogP contribution in [0, 0.1) is 0 Å². The molecule has 0 amide bonds. The van der Waals surface area contributed by atoms with Crippen LogP contribution in [0.1, 0.15) is 0 Å². The van der Waals surface area contributed by atoms with Crippen LogP contribution < -0.4 is 0 Å². The molecule has 194 valence electrons. The second-order valence-corrected chi connectivity index (χ2v) is 11.1. The van der Waals surface area contributed by atoms with Gasteiger partial charge in [-0.15, -0.1) is 0 Å². The van der Waals surface area contributed by atoms with Crippen molar-refractivity contribution < 1.29 is 0 Å². The number of hydrogen-bond acceptors (Lipinski definition) is 2. The molecule has 0 radical (unpaired) electrons. The molecule has 10 aromatic rings. The number of imidazole rings is 2. The Kier molecular flexibility index (Phi) is 4.15. The highest BCUT2D eigenvalue weighted by atomic mass is 15.0. The Morgan fingerprint density at radius 2 is 0.738 bits per heavy atom. The van der Waals surface area contributed by atoms with Gasteiger partial charge in [-0.1, -0.05) is 97.1 Å². The minimum absolute atomic E-state index is 0.994. The maximum Gasteiger partial charge on any atom is 0.146 e. The largest absolute Gasteiger partial charge is 0.292 e. The van der Waals surface area contributed by atoms with Crippen LogP contribution in [0.25, 0.3) is 87.8 Å². The third-order valence-corrected chi connectivity index (χ3v) is 8.85. The number of benzene rings is 6. The zero-order valence-electron chi connectivity index (χ0n) is 22.5. The molecule has 4 heteroatoms. The van der Waals surface area contributed by atoms with Gasteiger partial charge in [0.25, 0.3) is 0 Å². The summed E-state index contributed by atoms with van der Waals surface area (Å²) in [6, 6.07) is 47.7. The fourth-order valence-electron chi connectivity index (χ4n) is 6.97. The molecule has 0 atom stereocenters. The number of rotatable bonds is 1. The molecular formula is C38H22N4. The van der Waals surface area contributed by atoms with Crippen molar-refractivity contribution in [1.29, 1.82) is 0 Å². The molecule has 4 nitrogen and oxygen atoms in total. The Morgan fingerprint density at radius 3 is 1.21 bits per heavy atom. The van der Waals surface area contributed by atoms with E-state index in [-0.39, 0.29) is 0 Å². The number of nitrogens with zero attached hydrogens (tertiary/aromatic N) is 4. The molecule has 42 heavy (non-hydrogen) atoms. The van der Waals surface area contributed by atoms with Gasteiger partial charge in [-0.3, -0.25) is 8.80 Å². The lowest BCUT2D eigenvalue weighted by Crippen LogP contribution is -1.94. The molecule has 0 aliphatic rings. The third-order valence-electron chi connectivity index (χ3n) is 8.85. The van der Waals surface area contributed by atoms with E-state index in [1.54, 1.807) is 0 Å². The lowest BCUT2D eigenvalue weighted by atomic mass is 9.98. The fourth-order valence-corrected chi connectivity index (χ4v) is 6.97. The molecule has 0 saturated heterocycles. The molecule has 6 aromatic carbocycles. The van der Waals surface area contributed by atoms with E-state index in [1.807, 2.05) is 0 Å². The van der Waals surface area contributed by atoms with Crippen LogP contribution in [0.15, 0.2) is 133 Å². The summed E-state index contributed by atoms with van der Waals surface area (Å²) >= 11 is 0. The van der Waals surface area contributed by atoms with Crippen LogP contribution in [-0.2, 0) is 0 Å². The van der Waals surface area contributed by atoms with E-state index < -0.39 is 0 Å². The van der Waals surface area contributed by atoms with Gasteiger partial charge in [0.2, 0.25) is 0 Å². The average Bonchev–Trinajstić information content (AvgIpc) is 3.65. The van der Waals surface area contributed by atoms with Gasteiger partial charge in [0.05, 0.1) is 33.1 Å². The summed E-state index contributed by atoms with van der Waals surface area (Å²) in [6.45, 7) is 0. The molecule has 4 heterocycles. The Labute approximate surface area is 239 Å². The first-order valence-electron chi connectivity index (χ1n) is 14.3. The summed E-state index contributed by atoms with van der Waals surface area (Å²) in [5.41, 5.74) is 10.9. The van der Waals surface area contributed by atoms with Crippen LogP contribution in [-0.4, -0.2) is 18.8 Å². The average molecular weight is 535 g/mol. The van der Waals surface area contributed by atoms with Crippen LogP contribution in [0.5, 0.6) is 0 Å². The molecule has 0 aliphatic carbocycles. The van der Waals surface area contributed by atoms with Crippen molar-refractivity contribution in [3.63, 3.8) is 0 Å². The van der Waals surface area contributed by atoms with Crippen LogP contribution >= 0.6 is 0 Å². The van der Waals surface area contributed by atoms with Crippen molar-refractivity contribution >= 4 is 76.7 Å². The highest BCUT2D eigenvalue weighted by Gasteiger charge is 2.16. The maximum absolute atomic E-state index is 5.08. The van der Waals surface area contributed by atoms with Crippen molar-refractivity contribution in [3.05, 3.63) is 133 Å². The highest BCUT2D eigenvalue weighted by Crippen LogP contribution is 2.37. The number of aromatic nitrogens is 4. The van der Waals surface area contributed by atoms with E-state index >= 15 is 0 Å². The summed E-state index contributed by atoms with van der Waals surface area (Å²) in [6.07, 6.45) is 0. The predicted molar refractivity (Wildman–Crippen MR) is 174 cm³/mol. The topological polar surface area (TPSA) is 34.6 Å². The van der Waals surface area contributed by atoms with Gasteiger partial charge in [0, 0.05) is 21.5 Å². The second kappa shape index (κ2) is 7.93. The molecule has 0 N–H and O–H groups in total. The highest BCUT2D eigenvalue weighted by molar-refractivity contribution is 6.16. The van der Waals surface area contributed by atoms with Crippen LogP contribution in [0.2, 0.25) is 0 Å². The summed E-state index contributed by atoms with van der Waals surface area (Å²) < 4.78 is 4.65. The lowest BCUT2D eigenvalue weighted by molar-refractivity contribution is 1.31. The summed E-state index contributed by atoms with van der Waals surface area (Å²) in [5, 5.41) is 7.22. The standard InChI is InChI=1S/C38H22N4/c1-3-11-29-25(9-1)27-19-17-23(21-35(27)41-33-15-7-5-13-31(33)39-37(29)41)24-18-20-28-26-10-2-4-12-30(26)38-40-32-14-6-8-16-34(32)42(38)36(28)22-24/h1-22H. The quantitative estimate of drug-likeness (QED) is 0.197. The third kappa shape index (κ3) is 2.80. The molecule has 0 unspecified atom stereocenters. The molecule has 0 aliphatic heterocycles. The first kappa shape index (κ1) is 22.0. The first-order valence-corrected chi connectivity index (χ1v) is 14.3. The predicted octanol–water partition coefficient (Wildman–Crippen LogP) is 9.57. The van der Waals surface area contributed by atoms with E-state index in [0.29, 0.717) is 0 Å². The summed E-state index contributed by atoms with van der Waals surface area (Å²) in [5.74, 6) is 0. The van der Waals surface area contributed by atoms with Crippen molar-refractivity contribution in [1.82, 2.24) is 18.8 Å². The minimum Gasteiger partial charge on any atom is -0.292 e. The molecular weight excluding hydrogens is 512 g/mol. The fraction of sp³-hybridized carbons (Fsp3) is 0. The van der Waals surface area contributed by atoms with Crippen molar-refractivity contribution in [2.75, 3.05) is 0 Å². The van der Waals surface area contributed by atoms with Gasteiger partial charge in [-0.2, -0.15) is 0 Å². The number of pyridine rings is 2. The van der Waals surface area contributed by atoms with Gasteiger partial charge in [0.1, 0.15) is 11.3 Å². The second-order valence-electron chi connectivity index (χ2n) is 11.1. The minimum atomic E-state index is 0.994. The number of fused-ring (bicyclic) bond motifs is 16. The monoisotopic (exact) mass is 534 g/mol. The number of hydrogen-bond donors (Lipinski definition) is 0. The van der Waals surface area contributed by atoms with Gasteiger partial charge in [0.15, 0.2) is 0 Å². The molecule has 0 saturated carbocycles. The zero-order chi connectivity index (χ0) is 27.4. The molecule has 4 aromatic heterocycles. The van der Waals surface area contributed by atoms with E-state index in [1.165, 1.54) is 43.4 Å². The summed E-state index contributed by atoms with van der Waals surface area (Å²) in [4.78, 5) is 10.2. The Bertz CT molecular complexity index is 2560. The Morgan fingerprint density at radius 1 is 0.333 bits per heavy atom. The smallest absolute Gasteiger partial charge is 0.146 e. The normalized spacial score (nSPS) is 12.3. The van der Waals surface area contributed by atoms with Gasteiger partial charge in [-0.25, -0.2) is 9.97 Å². The lowest BCUT2D eigenvalue weighted by Gasteiger charge is -2.13. The molecule has 0 fully saturated rings. The molecule has 0 bridgehead atoms. The summed E-state index contributed by atoms with van der Waals surface area (Å²) in [7, 11) is 0. The number of para-hydroxylation sites is 4. The van der Waals surface area contributed by atoms with Crippen LogP contribution in [0.4, 0.5) is 0 Å². The van der Waals surface area contributed by atoms with E-state index in [0.717, 1.165) is 44.4 Å². The van der Waals surface area contributed by atoms with Crippen molar-refractivity contribution in [2.24, 2.45) is 0 Å². The first-order chi connectivity index (χ1) is 20.8. The molecule has 0 spiro atoms. The van der Waals surface area contributed by atoms with Crippen molar-refractivity contribution in [2.45, 2.75) is 0 Å². The zero-order valence-corrected chi connectivity index (χ0v) is 22.5. The van der Waals surface area contributed by atoms with E-state index in [2.05, 4.69) is 142 Å². The van der Waals surface area contributed by atoms with E-state index in [4.69, 9.17) is 9.97 Å². The van der Waals surface area contributed by atoms with Gasteiger partial charge in [-0.05, 0) is 58.3 Å². The SMILES string of the molecule is c1ccc2c(c1)nc1c3ccccc3c3ccc(-c4ccc5c6ccccc6c6nc7ccccc7n6c5c4)cc3n21. The Balaban J connectivity index is 1.33. The van der Waals surface area contributed by atoms with E-state index in [9.17, 15) is 0 Å². The van der Waals surface area contributed by atoms with Crippen molar-refractivity contribution in [3.8, 4) is 11.1 Å². The van der Waals surface area contributed by atoms with Crippen LogP contribution in [0.3, 0.4) is 0 Å². The maximum atomic E-state index is 5.08. The molecule has 10 rings (SSSR count).